The molecule has 1 saturated heterocycles. The Labute approximate surface area is 221 Å². The van der Waals surface area contributed by atoms with Crippen LogP contribution < -0.4 is 16.0 Å². The number of thiophene rings is 1. The van der Waals surface area contributed by atoms with Crippen LogP contribution in [-0.2, 0) is 16.1 Å². The van der Waals surface area contributed by atoms with Crippen molar-refractivity contribution in [3.63, 3.8) is 0 Å². The Bertz CT molecular complexity index is 1590. The van der Waals surface area contributed by atoms with E-state index >= 15 is 0 Å². The maximum absolute atomic E-state index is 14.0. The SMILES string of the molecule is COc1ccccc1C(Cn1c(=O)n(C2CCN(C)C2=O)c(=O)c2c(C)c(-c3ncco3)sc21)OCCO. The molecule has 38 heavy (non-hydrogen) atoms. The van der Waals surface area contributed by atoms with Gasteiger partial charge >= 0.3 is 5.69 Å². The van der Waals surface area contributed by atoms with Gasteiger partial charge in [0.2, 0.25) is 11.8 Å². The van der Waals surface area contributed by atoms with Crippen LogP contribution in [0.25, 0.3) is 21.0 Å². The van der Waals surface area contributed by atoms with Gasteiger partial charge in [-0.2, -0.15) is 0 Å². The van der Waals surface area contributed by atoms with Crippen molar-refractivity contribution in [3.8, 4) is 16.5 Å². The minimum atomic E-state index is -0.900. The number of para-hydroxylation sites is 1. The molecule has 1 amide bonds. The van der Waals surface area contributed by atoms with E-state index in [4.69, 9.17) is 13.9 Å². The van der Waals surface area contributed by atoms with E-state index in [2.05, 4.69) is 4.98 Å². The monoisotopic (exact) mass is 540 g/mol. The summed E-state index contributed by atoms with van der Waals surface area (Å²) in [6, 6.07) is 6.36. The molecule has 1 aliphatic rings. The third-order valence-corrected chi connectivity index (χ3v) is 8.13. The minimum absolute atomic E-state index is 0.0116. The van der Waals surface area contributed by atoms with E-state index in [1.54, 1.807) is 27.1 Å². The maximum atomic E-state index is 14.0. The molecule has 200 valence electrons. The molecule has 3 aromatic heterocycles. The minimum Gasteiger partial charge on any atom is -0.496 e. The molecule has 1 aliphatic heterocycles. The number of oxazole rings is 1. The van der Waals surface area contributed by atoms with Gasteiger partial charge in [0.15, 0.2) is 0 Å². The second-order valence-electron chi connectivity index (χ2n) is 9.03. The number of carbonyl (C=O) groups is 1. The molecule has 5 rings (SSSR count). The van der Waals surface area contributed by atoms with E-state index in [9.17, 15) is 19.5 Å². The van der Waals surface area contributed by atoms with Gasteiger partial charge in [0.05, 0.1) is 43.3 Å². The molecule has 0 aliphatic carbocycles. The number of aryl methyl sites for hydroxylation is 1. The zero-order valence-electron chi connectivity index (χ0n) is 21.2. The molecule has 1 aromatic carbocycles. The Kier molecular flexibility index (Phi) is 7.19. The summed E-state index contributed by atoms with van der Waals surface area (Å²) in [6.07, 6.45) is 2.61. The second-order valence-corrected chi connectivity index (χ2v) is 10.0. The molecule has 0 spiro atoms. The summed E-state index contributed by atoms with van der Waals surface area (Å²) >= 11 is 1.22. The zero-order chi connectivity index (χ0) is 27.0. The number of ether oxygens (including phenoxy) is 2. The lowest BCUT2D eigenvalue weighted by Gasteiger charge is -2.23. The fourth-order valence-electron chi connectivity index (χ4n) is 4.92. The summed E-state index contributed by atoms with van der Waals surface area (Å²) < 4.78 is 19.6. The summed E-state index contributed by atoms with van der Waals surface area (Å²) in [5, 5.41) is 9.80. The lowest BCUT2D eigenvalue weighted by Crippen LogP contribution is -2.44. The number of aliphatic hydroxyl groups excluding tert-OH is 1. The predicted molar refractivity (Wildman–Crippen MR) is 141 cm³/mol. The number of likely N-dealkylation sites (tertiary alicyclic amines) is 1. The molecular weight excluding hydrogens is 512 g/mol. The number of nitrogens with zero attached hydrogens (tertiary/aromatic N) is 4. The van der Waals surface area contributed by atoms with Gasteiger partial charge in [0.25, 0.3) is 5.56 Å². The second kappa shape index (κ2) is 10.6. The van der Waals surface area contributed by atoms with Gasteiger partial charge in [-0.05, 0) is 25.0 Å². The number of benzene rings is 1. The van der Waals surface area contributed by atoms with E-state index in [1.807, 2.05) is 18.2 Å². The molecule has 4 heterocycles. The number of carbonyl (C=O) groups excluding carboxylic acids is 1. The van der Waals surface area contributed by atoms with Crippen molar-refractivity contribution < 1.29 is 23.8 Å². The molecule has 4 aromatic rings. The van der Waals surface area contributed by atoms with Crippen LogP contribution in [0.1, 0.15) is 29.7 Å². The molecule has 11 nitrogen and oxygen atoms in total. The van der Waals surface area contributed by atoms with Crippen molar-refractivity contribution >= 4 is 27.5 Å². The van der Waals surface area contributed by atoms with Gasteiger partial charge in [0.1, 0.15) is 29.0 Å². The normalized spacial score (nSPS) is 16.5. The molecule has 0 radical (unpaired) electrons. The van der Waals surface area contributed by atoms with Crippen LogP contribution in [0.3, 0.4) is 0 Å². The first-order chi connectivity index (χ1) is 18.4. The van der Waals surface area contributed by atoms with Crippen LogP contribution in [-0.4, -0.2) is 63.9 Å². The highest BCUT2D eigenvalue weighted by atomic mass is 32.1. The van der Waals surface area contributed by atoms with Crippen LogP contribution in [0, 0.1) is 6.92 Å². The fraction of sp³-hybridized carbons (Fsp3) is 0.385. The van der Waals surface area contributed by atoms with Gasteiger partial charge in [-0.25, -0.2) is 14.3 Å². The summed E-state index contributed by atoms with van der Waals surface area (Å²) in [7, 11) is 3.20. The highest BCUT2D eigenvalue weighted by molar-refractivity contribution is 7.22. The molecule has 1 N–H and O–H groups in total. The van der Waals surface area contributed by atoms with Crippen LogP contribution in [0.4, 0.5) is 0 Å². The molecular formula is C26H28N4O7S. The standard InChI is InChI=1S/C26H28N4O7S/c1-15-20-24(33)30(17-8-10-28(2)23(17)32)26(34)29(25(20)38-21(15)22-27-9-12-37-22)14-19(36-13-11-31)16-6-4-5-7-18(16)35-3/h4-7,9,12,17,19,31H,8,10-11,13-14H2,1-3H3. The Morgan fingerprint density at radius 3 is 2.71 bits per heavy atom. The fourth-order valence-corrected chi connectivity index (χ4v) is 6.16. The van der Waals surface area contributed by atoms with Crippen LogP contribution in [0.5, 0.6) is 5.75 Å². The predicted octanol–water partition coefficient (Wildman–Crippen LogP) is 2.35. The lowest BCUT2D eigenvalue weighted by atomic mass is 10.1. The Morgan fingerprint density at radius 2 is 2.05 bits per heavy atom. The Morgan fingerprint density at radius 1 is 1.26 bits per heavy atom. The number of likely N-dealkylation sites (N-methyl/N-ethyl adjacent to an activating group) is 1. The number of amides is 1. The number of aromatic nitrogens is 3. The first-order valence-electron chi connectivity index (χ1n) is 12.2. The largest absolute Gasteiger partial charge is 0.496 e. The topological polar surface area (TPSA) is 129 Å². The zero-order valence-corrected chi connectivity index (χ0v) is 22.1. The smallest absolute Gasteiger partial charge is 0.332 e. The van der Waals surface area contributed by atoms with E-state index in [0.717, 1.165) is 4.57 Å². The average Bonchev–Trinajstić information content (AvgIpc) is 3.65. The first kappa shape index (κ1) is 25.9. The van der Waals surface area contributed by atoms with E-state index in [0.29, 0.717) is 50.8 Å². The van der Waals surface area contributed by atoms with Gasteiger partial charge < -0.3 is 23.9 Å². The Hall–Kier alpha value is -3.74. The van der Waals surface area contributed by atoms with Crippen molar-refractivity contribution in [2.75, 3.05) is 33.9 Å². The maximum Gasteiger partial charge on any atom is 0.332 e. The molecule has 2 atom stereocenters. The van der Waals surface area contributed by atoms with Gasteiger partial charge in [0, 0.05) is 19.2 Å². The number of fused-ring (bicyclic) bond motifs is 1. The first-order valence-corrected chi connectivity index (χ1v) is 13.0. The number of aliphatic hydroxyl groups is 1. The number of hydrogen-bond donors (Lipinski definition) is 1. The number of methoxy groups -OCH3 is 1. The van der Waals surface area contributed by atoms with Crippen molar-refractivity contribution in [2.45, 2.75) is 32.0 Å². The molecule has 0 saturated carbocycles. The summed E-state index contributed by atoms with van der Waals surface area (Å²) in [5.41, 5.74) is 0.165. The molecule has 0 bridgehead atoms. The van der Waals surface area contributed by atoms with Crippen molar-refractivity contribution in [3.05, 3.63) is 68.7 Å². The molecule has 12 heteroatoms. The Balaban J connectivity index is 1.76. The summed E-state index contributed by atoms with van der Waals surface area (Å²) in [4.78, 5) is 47.6. The van der Waals surface area contributed by atoms with Crippen molar-refractivity contribution in [2.24, 2.45) is 0 Å². The molecule has 2 unspecified atom stereocenters. The quantitative estimate of drug-likeness (QED) is 0.343. The highest BCUT2D eigenvalue weighted by Crippen LogP contribution is 2.37. The number of rotatable bonds is 9. The van der Waals surface area contributed by atoms with E-state index < -0.39 is 23.4 Å². The van der Waals surface area contributed by atoms with Gasteiger partial charge in [-0.15, -0.1) is 11.3 Å². The van der Waals surface area contributed by atoms with Crippen molar-refractivity contribution in [1.82, 2.24) is 19.0 Å². The van der Waals surface area contributed by atoms with Crippen molar-refractivity contribution in [1.29, 1.82) is 0 Å². The third kappa shape index (κ3) is 4.34. The summed E-state index contributed by atoms with van der Waals surface area (Å²) in [5.74, 6) is 0.611. The molecule has 1 fully saturated rings. The highest BCUT2D eigenvalue weighted by Gasteiger charge is 2.35. The summed E-state index contributed by atoms with van der Waals surface area (Å²) in [6.45, 7) is 2.04. The van der Waals surface area contributed by atoms with Crippen LogP contribution in [0.15, 0.2) is 50.7 Å². The van der Waals surface area contributed by atoms with Crippen LogP contribution >= 0.6 is 11.3 Å². The third-order valence-electron chi connectivity index (χ3n) is 6.82. The lowest BCUT2D eigenvalue weighted by molar-refractivity contribution is -0.129. The van der Waals surface area contributed by atoms with Gasteiger partial charge in [-0.3, -0.25) is 14.2 Å². The average molecular weight is 541 g/mol. The van der Waals surface area contributed by atoms with Gasteiger partial charge in [-0.1, -0.05) is 18.2 Å². The van der Waals surface area contributed by atoms with E-state index in [-0.39, 0.29) is 25.7 Å². The number of hydrogen-bond acceptors (Lipinski definition) is 9. The van der Waals surface area contributed by atoms with E-state index in [1.165, 1.54) is 33.3 Å². The van der Waals surface area contributed by atoms with Crippen LogP contribution in [0.2, 0.25) is 0 Å².